The highest BCUT2D eigenvalue weighted by atomic mass is 16.3. The summed E-state index contributed by atoms with van der Waals surface area (Å²) in [4.78, 5) is 2.56. The van der Waals surface area contributed by atoms with Crippen molar-refractivity contribution >= 4 is 0 Å². The molecule has 2 heterocycles. The van der Waals surface area contributed by atoms with Gasteiger partial charge in [-0.3, -0.25) is 4.90 Å². The van der Waals surface area contributed by atoms with Crippen molar-refractivity contribution in [2.45, 2.75) is 32.4 Å². The molecule has 1 aliphatic rings. The molecule has 1 aromatic heterocycles. The summed E-state index contributed by atoms with van der Waals surface area (Å²) in [6.07, 6.45) is 6.26. The van der Waals surface area contributed by atoms with E-state index in [9.17, 15) is 0 Å². The van der Waals surface area contributed by atoms with E-state index in [0.29, 0.717) is 6.04 Å². The van der Waals surface area contributed by atoms with Gasteiger partial charge in [0.2, 0.25) is 0 Å². The van der Waals surface area contributed by atoms with Crippen molar-refractivity contribution in [2.24, 2.45) is 0 Å². The zero-order valence-electron chi connectivity index (χ0n) is 9.41. The van der Waals surface area contributed by atoms with Gasteiger partial charge in [0.1, 0.15) is 0 Å². The van der Waals surface area contributed by atoms with Gasteiger partial charge in [-0.25, -0.2) is 0 Å². The SMILES string of the molecule is CC(CNCc1ccoc1)N1CCCC1. The van der Waals surface area contributed by atoms with E-state index in [0.717, 1.165) is 13.1 Å². The van der Waals surface area contributed by atoms with Crippen LogP contribution in [0.15, 0.2) is 23.0 Å². The molecule has 0 amide bonds. The second kappa shape index (κ2) is 5.33. The first-order chi connectivity index (χ1) is 7.36. The standard InChI is InChI=1S/C12H20N2O/c1-11(14-5-2-3-6-14)8-13-9-12-4-7-15-10-12/h4,7,10-11,13H,2-3,5-6,8-9H2,1H3. The van der Waals surface area contributed by atoms with Crippen LogP contribution < -0.4 is 5.32 Å². The van der Waals surface area contributed by atoms with Crippen molar-refractivity contribution in [3.63, 3.8) is 0 Å². The number of furan rings is 1. The van der Waals surface area contributed by atoms with Gasteiger partial charge in [0.15, 0.2) is 0 Å². The minimum absolute atomic E-state index is 0.652. The van der Waals surface area contributed by atoms with Crippen LogP contribution in [0.2, 0.25) is 0 Å². The van der Waals surface area contributed by atoms with E-state index in [4.69, 9.17) is 4.42 Å². The summed E-state index contributed by atoms with van der Waals surface area (Å²) in [5, 5.41) is 3.46. The maximum absolute atomic E-state index is 5.02. The van der Waals surface area contributed by atoms with Crippen molar-refractivity contribution in [1.29, 1.82) is 0 Å². The summed E-state index contributed by atoms with van der Waals surface area (Å²) in [7, 11) is 0. The lowest BCUT2D eigenvalue weighted by Gasteiger charge is -2.23. The Morgan fingerprint density at radius 3 is 2.93 bits per heavy atom. The van der Waals surface area contributed by atoms with Crippen LogP contribution >= 0.6 is 0 Å². The van der Waals surface area contributed by atoms with Crippen LogP contribution in [0.4, 0.5) is 0 Å². The Morgan fingerprint density at radius 2 is 2.27 bits per heavy atom. The molecule has 0 saturated carbocycles. The third kappa shape index (κ3) is 3.08. The van der Waals surface area contributed by atoms with Crippen LogP contribution in [0, 0.1) is 0 Å². The molecule has 3 heteroatoms. The van der Waals surface area contributed by atoms with Gasteiger partial charge < -0.3 is 9.73 Å². The highest BCUT2D eigenvalue weighted by molar-refractivity contribution is 5.04. The van der Waals surface area contributed by atoms with Crippen molar-refractivity contribution < 1.29 is 4.42 Å². The Labute approximate surface area is 91.4 Å². The predicted molar refractivity (Wildman–Crippen MR) is 60.7 cm³/mol. The molecule has 1 fully saturated rings. The molecule has 2 rings (SSSR count). The summed E-state index contributed by atoms with van der Waals surface area (Å²) in [5.74, 6) is 0. The largest absolute Gasteiger partial charge is 0.472 e. The van der Waals surface area contributed by atoms with Gasteiger partial charge in [-0.2, -0.15) is 0 Å². The second-order valence-corrected chi connectivity index (χ2v) is 4.35. The Morgan fingerprint density at radius 1 is 1.47 bits per heavy atom. The van der Waals surface area contributed by atoms with Crippen molar-refractivity contribution in [1.82, 2.24) is 10.2 Å². The van der Waals surface area contributed by atoms with Crippen molar-refractivity contribution in [2.75, 3.05) is 19.6 Å². The molecule has 1 aliphatic heterocycles. The Bertz CT molecular complexity index is 265. The normalized spacial score (nSPS) is 19.5. The Kier molecular flexibility index (Phi) is 3.80. The van der Waals surface area contributed by atoms with Crippen LogP contribution in [0.3, 0.4) is 0 Å². The highest BCUT2D eigenvalue weighted by Crippen LogP contribution is 2.10. The molecule has 1 saturated heterocycles. The average molecular weight is 208 g/mol. The van der Waals surface area contributed by atoms with E-state index >= 15 is 0 Å². The molecule has 0 bridgehead atoms. The Hall–Kier alpha value is -0.800. The third-order valence-corrected chi connectivity index (χ3v) is 3.11. The molecule has 0 spiro atoms. The number of likely N-dealkylation sites (tertiary alicyclic amines) is 1. The van der Waals surface area contributed by atoms with Crippen molar-refractivity contribution in [3.8, 4) is 0 Å². The van der Waals surface area contributed by atoms with Crippen LogP contribution in [0.1, 0.15) is 25.3 Å². The molecular weight excluding hydrogens is 188 g/mol. The van der Waals surface area contributed by atoms with E-state index in [1.165, 1.54) is 31.5 Å². The number of rotatable bonds is 5. The van der Waals surface area contributed by atoms with Crippen LogP contribution in [-0.4, -0.2) is 30.6 Å². The molecular formula is C12H20N2O. The molecule has 84 valence electrons. The van der Waals surface area contributed by atoms with Crippen LogP contribution in [0.5, 0.6) is 0 Å². The van der Waals surface area contributed by atoms with E-state index in [1.807, 2.05) is 6.07 Å². The van der Waals surface area contributed by atoms with E-state index in [-0.39, 0.29) is 0 Å². The topological polar surface area (TPSA) is 28.4 Å². The molecule has 1 aromatic rings. The van der Waals surface area contributed by atoms with Crippen LogP contribution in [-0.2, 0) is 6.54 Å². The first-order valence-electron chi connectivity index (χ1n) is 5.82. The van der Waals surface area contributed by atoms with Gasteiger partial charge in [-0.1, -0.05) is 0 Å². The molecule has 1 unspecified atom stereocenters. The maximum Gasteiger partial charge on any atom is 0.0947 e. The summed E-state index contributed by atoms with van der Waals surface area (Å²) in [6, 6.07) is 2.66. The summed E-state index contributed by atoms with van der Waals surface area (Å²) in [5.41, 5.74) is 1.23. The molecule has 0 aromatic carbocycles. The smallest absolute Gasteiger partial charge is 0.0947 e. The number of nitrogens with one attached hydrogen (secondary N) is 1. The minimum atomic E-state index is 0.652. The van der Waals surface area contributed by atoms with E-state index in [1.54, 1.807) is 12.5 Å². The second-order valence-electron chi connectivity index (χ2n) is 4.35. The molecule has 0 radical (unpaired) electrons. The summed E-state index contributed by atoms with van der Waals surface area (Å²) >= 11 is 0. The highest BCUT2D eigenvalue weighted by Gasteiger charge is 2.17. The number of nitrogens with zero attached hydrogens (tertiary/aromatic N) is 1. The fraction of sp³-hybridized carbons (Fsp3) is 0.667. The first kappa shape index (κ1) is 10.7. The van der Waals surface area contributed by atoms with Gasteiger partial charge in [0, 0.05) is 24.7 Å². The quantitative estimate of drug-likeness (QED) is 0.800. The summed E-state index contributed by atoms with van der Waals surface area (Å²) in [6.45, 7) is 6.82. The third-order valence-electron chi connectivity index (χ3n) is 3.11. The van der Waals surface area contributed by atoms with Gasteiger partial charge >= 0.3 is 0 Å². The Balaban J connectivity index is 1.64. The average Bonchev–Trinajstić information content (AvgIpc) is 2.90. The van der Waals surface area contributed by atoms with Crippen molar-refractivity contribution in [3.05, 3.63) is 24.2 Å². The zero-order chi connectivity index (χ0) is 10.5. The minimum Gasteiger partial charge on any atom is -0.472 e. The predicted octanol–water partition coefficient (Wildman–Crippen LogP) is 1.85. The molecule has 0 aliphatic carbocycles. The molecule has 1 N–H and O–H groups in total. The lowest BCUT2D eigenvalue weighted by Crippen LogP contribution is -2.38. The fourth-order valence-corrected chi connectivity index (χ4v) is 2.13. The van der Waals surface area contributed by atoms with E-state index in [2.05, 4.69) is 17.1 Å². The van der Waals surface area contributed by atoms with Gasteiger partial charge in [0.25, 0.3) is 0 Å². The lowest BCUT2D eigenvalue weighted by atomic mass is 10.3. The lowest BCUT2D eigenvalue weighted by molar-refractivity contribution is 0.251. The number of hydrogen-bond acceptors (Lipinski definition) is 3. The van der Waals surface area contributed by atoms with Gasteiger partial charge in [-0.15, -0.1) is 0 Å². The fourth-order valence-electron chi connectivity index (χ4n) is 2.13. The monoisotopic (exact) mass is 208 g/mol. The first-order valence-corrected chi connectivity index (χ1v) is 5.82. The van der Waals surface area contributed by atoms with Crippen LogP contribution in [0.25, 0.3) is 0 Å². The summed E-state index contributed by atoms with van der Waals surface area (Å²) < 4.78 is 5.02. The van der Waals surface area contributed by atoms with Gasteiger partial charge in [-0.05, 0) is 38.9 Å². The molecule has 1 atom stereocenters. The van der Waals surface area contributed by atoms with E-state index < -0.39 is 0 Å². The van der Waals surface area contributed by atoms with Gasteiger partial charge in [0.05, 0.1) is 12.5 Å². The maximum atomic E-state index is 5.02. The molecule has 3 nitrogen and oxygen atoms in total. The molecule has 15 heavy (non-hydrogen) atoms. The zero-order valence-corrected chi connectivity index (χ0v) is 9.41. The number of hydrogen-bond donors (Lipinski definition) is 1.